The number of carbonyl (C=O) groups is 1. The second-order valence-corrected chi connectivity index (χ2v) is 2.50. The molecule has 0 fully saturated rings. The monoisotopic (exact) mass is 162 g/mol. The molecule has 0 bridgehead atoms. The van der Waals surface area contributed by atoms with Crippen LogP contribution >= 0.6 is 0 Å². The van der Waals surface area contributed by atoms with Crippen LogP contribution in [0.4, 0.5) is 4.79 Å². The average molecular weight is 162 g/mol. The Morgan fingerprint density at radius 2 is 2.50 bits per heavy atom. The molecule has 0 radical (unpaired) electrons. The van der Waals surface area contributed by atoms with E-state index in [1.807, 2.05) is 0 Å². The molecule has 3 nitrogen and oxygen atoms in total. The molecule has 4 heteroatoms. The molecule has 0 heterocycles. The highest BCUT2D eigenvalue weighted by Gasteiger charge is 1.96. The Kier molecular flexibility index (Phi) is 6.06. The first-order valence-electron chi connectivity index (χ1n) is 3.00. The molecule has 1 amide bonds. The summed E-state index contributed by atoms with van der Waals surface area (Å²) in [5.74, 6) is 4.56. The van der Waals surface area contributed by atoms with Gasteiger partial charge in [-0.05, 0) is 0 Å². The SMILES string of the molecule is C=[S+]CCCNC(=O)OC. The van der Waals surface area contributed by atoms with E-state index in [-0.39, 0.29) is 6.09 Å². The third-order valence-corrected chi connectivity index (χ3v) is 1.50. The molecule has 0 rings (SSSR count). The molecule has 0 aliphatic carbocycles. The van der Waals surface area contributed by atoms with Crippen LogP contribution in [0, 0.1) is 0 Å². The normalized spacial score (nSPS) is 8.50. The van der Waals surface area contributed by atoms with Crippen LogP contribution in [0.3, 0.4) is 0 Å². The van der Waals surface area contributed by atoms with Crippen LogP contribution in [-0.4, -0.2) is 31.4 Å². The molecule has 0 saturated carbocycles. The van der Waals surface area contributed by atoms with Gasteiger partial charge in [-0.25, -0.2) is 4.79 Å². The second kappa shape index (κ2) is 6.48. The van der Waals surface area contributed by atoms with Crippen molar-refractivity contribution in [1.82, 2.24) is 5.32 Å². The van der Waals surface area contributed by atoms with E-state index in [2.05, 4.69) is 15.9 Å². The largest absolute Gasteiger partial charge is 0.453 e. The number of methoxy groups -OCH3 is 1. The summed E-state index contributed by atoms with van der Waals surface area (Å²) in [6, 6.07) is 0. The second-order valence-electron chi connectivity index (χ2n) is 1.68. The maximum atomic E-state index is 10.4. The predicted molar refractivity (Wildman–Crippen MR) is 44.4 cm³/mol. The Morgan fingerprint density at radius 3 is 3.00 bits per heavy atom. The molecule has 0 spiro atoms. The predicted octanol–water partition coefficient (Wildman–Crippen LogP) is 0.247. The lowest BCUT2D eigenvalue weighted by molar-refractivity contribution is 0.171. The highest BCUT2D eigenvalue weighted by Crippen LogP contribution is 1.76. The van der Waals surface area contributed by atoms with Crippen LogP contribution in [0.1, 0.15) is 6.42 Å². The molecular formula is C6H12NO2S+. The van der Waals surface area contributed by atoms with Gasteiger partial charge in [-0.1, -0.05) is 0 Å². The average Bonchev–Trinajstić information content (AvgIpc) is 1.98. The summed E-state index contributed by atoms with van der Waals surface area (Å²) in [4.78, 5) is 10.4. The molecule has 0 aliphatic heterocycles. The van der Waals surface area contributed by atoms with Gasteiger partial charge in [0.1, 0.15) is 0 Å². The highest BCUT2D eigenvalue weighted by atomic mass is 32.1. The van der Waals surface area contributed by atoms with E-state index in [9.17, 15) is 4.79 Å². The molecule has 10 heavy (non-hydrogen) atoms. The van der Waals surface area contributed by atoms with Crippen LogP contribution < -0.4 is 5.32 Å². The number of ether oxygens (including phenoxy) is 1. The molecule has 0 aliphatic rings. The quantitative estimate of drug-likeness (QED) is 0.365. The summed E-state index contributed by atoms with van der Waals surface area (Å²) in [6.07, 6.45) is 0.567. The molecule has 0 aromatic rings. The van der Waals surface area contributed by atoms with Crippen molar-refractivity contribution in [3.8, 4) is 0 Å². The number of hydrogen-bond donors (Lipinski definition) is 1. The van der Waals surface area contributed by atoms with Crippen molar-refractivity contribution < 1.29 is 9.53 Å². The van der Waals surface area contributed by atoms with Crippen LogP contribution in [0.2, 0.25) is 0 Å². The number of amides is 1. The van der Waals surface area contributed by atoms with E-state index in [1.165, 1.54) is 18.5 Å². The molecule has 0 unspecified atom stereocenters. The van der Waals surface area contributed by atoms with Crippen molar-refractivity contribution in [2.75, 3.05) is 19.4 Å². The van der Waals surface area contributed by atoms with Crippen LogP contribution in [-0.2, 0) is 16.1 Å². The van der Waals surface area contributed by atoms with Crippen molar-refractivity contribution in [1.29, 1.82) is 0 Å². The van der Waals surface area contributed by atoms with Crippen molar-refractivity contribution >= 4 is 23.3 Å². The summed E-state index contributed by atoms with van der Waals surface area (Å²) >= 11 is 1.52. The summed E-state index contributed by atoms with van der Waals surface area (Å²) in [6.45, 7) is 0.662. The van der Waals surface area contributed by atoms with Gasteiger partial charge in [-0.2, -0.15) is 0 Å². The lowest BCUT2D eigenvalue weighted by Gasteiger charge is -1.98. The lowest BCUT2D eigenvalue weighted by Crippen LogP contribution is -2.24. The van der Waals surface area contributed by atoms with Crippen molar-refractivity contribution in [2.45, 2.75) is 6.42 Å². The first-order valence-corrected chi connectivity index (χ1v) is 4.15. The van der Waals surface area contributed by atoms with Crippen molar-refractivity contribution in [3.05, 3.63) is 0 Å². The minimum atomic E-state index is -0.367. The fourth-order valence-corrected chi connectivity index (χ4v) is 0.785. The van der Waals surface area contributed by atoms with E-state index in [0.29, 0.717) is 6.54 Å². The van der Waals surface area contributed by atoms with Crippen molar-refractivity contribution in [2.24, 2.45) is 0 Å². The standard InChI is InChI=1S/C6H11NO2S/c1-9-6(8)7-4-3-5-10-2/h2-5H2,1H3/p+1. The Balaban J connectivity index is 3.03. The zero-order valence-corrected chi connectivity index (χ0v) is 6.87. The van der Waals surface area contributed by atoms with E-state index in [0.717, 1.165) is 12.2 Å². The number of rotatable bonds is 4. The Bertz CT molecular complexity index is 116. The van der Waals surface area contributed by atoms with Gasteiger partial charge < -0.3 is 10.1 Å². The molecule has 0 atom stereocenters. The van der Waals surface area contributed by atoms with Crippen LogP contribution in [0.5, 0.6) is 0 Å². The van der Waals surface area contributed by atoms with Crippen molar-refractivity contribution in [3.63, 3.8) is 0 Å². The topological polar surface area (TPSA) is 38.3 Å². The van der Waals surface area contributed by atoms with E-state index in [1.54, 1.807) is 0 Å². The zero-order chi connectivity index (χ0) is 7.82. The van der Waals surface area contributed by atoms with E-state index >= 15 is 0 Å². The third kappa shape index (κ3) is 5.50. The summed E-state index contributed by atoms with van der Waals surface area (Å²) in [7, 11) is 1.35. The van der Waals surface area contributed by atoms with E-state index in [4.69, 9.17) is 0 Å². The van der Waals surface area contributed by atoms with Gasteiger partial charge in [-0.15, -0.1) is 0 Å². The summed E-state index contributed by atoms with van der Waals surface area (Å²) in [5, 5.41) is 2.56. The fraction of sp³-hybridized carbons (Fsp3) is 0.667. The fourth-order valence-electron chi connectivity index (χ4n) is 0.437. The molecule has 0 aromatic carbocycles. The highest BCUT2D eigenvalue weighted by molar-refractivity contribution is 7.76. The Labute approximate surface area is 64.7 Å². The molecule has 58 valence electrons. The maximum Gasteiger partial charge on any atom is 0.406 e. The number of carbonyl (C=O) groups excluding carboxylic acids is 1. The van der Waals surface area contributed by atoms with Gasteiger partial charge in [-0.3, -0.25) is 0 Å². The molecule has 1 N–H and O–H groups in total. The summed E-state index contributed by atoms with van der Waals surface area (Å²) in [5.41, 5.74) is 0. The smallest absolute Gasteiger partial charge is 0.406 e. The van der Waals surface area contributed by atoms with Crippen LogP contribution in [0.15, 0.2) is 0 Å². The molecular weight excluding hydrogens is 150 g/mol. The minimum Gasteiger partial charge on any atom is -0.453 e. The Hall–Kier alpha value is -0.640. The molecule has 0 saturated heterocycles. The molecule has 0 aromatic heterocycles. The maximum absolute atomic E-state index is 10.4. The van der Waals surface area contributed by atoms with Gasteiger partial charge in [0.05, 0.1) is 7.11 Å². The van der Waals surface area contributed by atoms with Crippen LogP contribution in [0.25, 0.3) is 0 Å². The van der Waals surface area contributed by atoms with Gasteiger partial charge >= 0.3 is 6.09 Å². The Morgan fingerprint density at radius 1 is 1.80 bits per heavy atom. The number of alkyl carbamates (subject to hydrolysis) is 1. The number of hydrogen-bond acceptors (Lipinski definition) is 2. The van der Waals surface area contributed by atoms with E-state index < -0.39 is 0 Å². The lowest BCUT2D eigenvalue weighted by atomic mass is 10.5. The first-order chi connectivity index (χ1) is 4.81. The minimum absolute atomic E-state index is 0.367. The third-order valence-electron chi connectivity index (χ3n) is 0.920. The van der Waals surface area contributed by atoms with Gasteiger partial charge in [0, 0.05) is 13.0 Å². The van der Waals surface area contributed by atoms with Gasteiger partial charge in [0.2, 0.25) is 0 Å². The number of nitrogens with one attached hydrogen (secondary N) is 1. The van der Waals surface area contributed by atoms with Gasteiger partial charge in [0.25, 0.3) is 0 Å². The van der Waals surface area contributed by atoms with Gasteiger partial charge in [0.15, 0.2) is 23.0 Å². The zero-order valence-electron chi connectivity index (χ0n) is 6.05. The summed E-state index contributed by atoms with van der Waals surface area (Å²) < 4.78 is 4.36. The first kappa shape index (κ1) is 9.36.